The zero-order chi connectivity index (χ0) is 10.6. The van der Waals surface area contributed by atoms with E-state index in [2.05, 4.69) is 25.8 Å². The van der Waals surface area contributed by atoms with Gasteiger partial charge in [0.25, 0.3) is 0 Å². The van der Waals surface area contributed by atoms with Crippen molar-refractivity contribution in [3.8, 4) is 12.3 Å². The van der Waals surface area contributed by atoms with Crippen LogP contribution in [-0.2, 0) is 6.42 Å². The van der Waals surface area contributed by atoms with E-state index in [4.69, 9.17) is 12.2 Å². The maximum Gasteiger partial charge on any atom is 0.0274 e. The smallest absolute Gasteiger partial charge is 0.0274 e. The van der Waals surface area contributed by atoms with E-state index in [1.54, 1.807) is 0 Å². The lowest BCUT2D eigenvalue weighted by Crippen LogP contribution is -2.26. The molecule has 0 aliphatic heterocycles. The minimum absolute atomic E-state index is 0.118. The third kappa shape index (κ3) is 2.61. The highest BCUT2D eigenvalue weighted by Crippen LogP contribution is 2.22. The second kappa shape index (κ2) is 4.30. The van der Waals surface area contributed by atoms with Crippen LogP contribution in [0, 0.1) is 17.8 Å². The molecule has 0 aliphatic carbocycles. The zero-order valence-electron chi connectivity index (χ0n) is 8.88. The average Bonchev–Trinajstić information content (AvgIpc) is 2.18. The van der Waals surface area contributed by atoms with Crippen LogP contribution in [0.1, 0.15) is 25.0 Å². The first-order valence-electron chi connectivity index (χ1n) is 4.83. The number of nitrogens with two attached hydrogens (primary N) is 1. The van der Waals surface area contributed by atoms with E-state index in [1.165, 1.54) is 5.56 Å². The molecule has 0 bridgehead atoms. The first kappa shape index (κ1) is 10.8. The minimum atomic E-state index is 0.118. The van der Waals surface area contributed by atoms with E-state index in [0.29, 0.717) is 6.54 Å². The minimum Gasteiger partial charge on any atom is -0.330 e. The van der Waals surface area contributed by atoms with Gasteiger partial charge in [0.05, 0.1) is 0 Å². The predicted octanol–water partition coefficient (Wildman–Crippen LogP) is 2.20. The standard InChI is InChI=1S/C13H17N/c1-4-11-7-5-6-8-12(11)9-13(2,3)10-14/h1,5-8H,9-10,14H2,2-3H3. The van der Waals surface area contributed by atoms with Crippen LogP contribution < -0.4 is 5.73 Å². The van der Waals surface area contributed by atoms with Crippen LogP contribution in [0.5, 0.6) is 0 Å². The molecule has 14 heavy (non-hydrogen) atoms. The van der Waals surface area contributed by atoms with E-state index >= 15 is 0 Å². The summed E-state index contributed by atoms with van der Waals surface area (Å²) in [6.07, 6.45) is 6.36. The highest BCUT2D eigenvalue weighted by Gasteiger charge is 2.17. The predicted molar refractivity (Wildman–Crippen MR) is 60.9 cm³/mol. The number of hydrogen-bond donors (Lipinski definition) is 1. The van der Waals surface area contributed by atoms with Crippen molar-refractivity contribution in [2.75, 3.05) is 6.54 Å². The molecule has 0 saturated carbocycles. The van der Waals surface area contributed by atoms with Crippen LogP contribution in [0.15, 0.2) is 24.3 Å². The van der Waals surface area contributed by atoms with Crippen LogP contribution in [0.4, 0.5) is 0 Å². The fourth-order valence-electron chi connectivity index (χ4n) is 1.40. The van der Waals surface area contributed by atoms with E-state index < -0.39 is 0 Å². The molecule has 0 atom stereocenters. The van der Waals surface area contributed by atoms with Gasteiger partial charge in [-0.3, -0.25) is 0 Å². The molecule has 0 saturated heterocycles. The summed E-state index contributed by atoms with van der Waals surface area (Å²) in [5, 5.41) is 0. The summed E-state index contributed by atoms with van der Waals surface area (Å²) in [6.45, 7) is 4.98. The molecular formula is C13H17N. The zero-order valence-corrected chi connectivity index (χ0v) is 8.88. The van der Waals surface area contributed by atoms with Gasteiger partial charge in [0, 0.05) is 5.56 Å². The summed E-state index contributed by atoms with van der Waals surface area (Å²) in [4.78, 5) is 0. The van der Waals surface area contributed by atoms with Gasteiger partial charge in [-0.15, -0.1) is 6.42 Å². The molecule has 74 valence electrons. The Balaban J connectivity index is 2.92. The van der Waals surface area contributed by atoms with Crippen molar-refractivity contribution in [3.05, 3.63) is 35.4 Å². The maximum atomic E-state index is 5.69. The summed E-state index contributed by atoms with van der Waals surface area (Å²) >= 11 is 0. The summed E-state index contributed by atoms with van der Waals surface area (Å²) in [5.74, 6) is 2.70. The van der Waals surface area contributed by atoms with Gasteiger partial charge < -0.3 is 5.73 Å². The molecule has 1 rings (SSSR count). The lowest BCUT2D eigenvalue weighted by Gasteiger charge is -2.22. The van der Waals surface area contributed by atoms with E-state index in [-0.39, 0.29) is 5.41 Å². The largest absolute Gasteiger partial charge is 0.330 e. The Labute approximate surface area is 86.3 Å². The van der Waals surface area contributed by atoms with Gasteiger partial charge in [-0.25, -0.2) is 0 Å². The van der Waals surface area contributed by atoms with Crippen molar-refractivity contribution in [2.24, 2.45) is 11.1 Å². The first-order chi connectivity index (χ1) is 6.59. The number of rotatable bonds is 3. The summed E-state index contributed by atoms with van der Waals surface area (Å²) in [7, 11) is 0. The molecule has 1 nitrogen and oxygen atoms in total. The highest BCUT2D eigenvalue weighted by molar-refractivity contribution is 5.40. The number of benzene rings is 1. The van der Waals surface area contributed by atoms with Crippen molar-refractivity contribution in [2.45, 2.75) is 20.3 Å². The van der Waals surface area contributed by atoms with E-state index in [1.807, 2.05) is 18.2 Å². The SMILES string of the molecule is C#Cc1ccccc1CC(C)(C)CN. The van der Waals surface area contributed by atoms with Gasteiger partial charge >= 0.3 is 0 Å². The second-order valence-corrected chi connectivity index (χ2v) is 4.35. The molecule has 1 aromatic carbocycles. The van der Waals surface area contributed by atoms with Crippen LogP contribution in [-0.4, -0.2) is 6.54 Å². The average molecular weight is 187 g/mol. The quantitative estimate of drug-likeness (QED) is 0.721. The molecule has 0 aromatic heterocycles. The summed E-state index contributed by atoms with van der Waals surface area (Å²) in [6, 6.07) is 8.03. The molecular weight excluding hydrogens is 170 g/mol. The Hall–Kier alpha value is -1.26. The monoisotopic (exact) mass is 187 g/mol. The van der Waals surface area contributed by atoms with Crippen molar-refractivity contribution < 1.29 is 0 Å². The van der Waals surface area contributed by atoms with Crippen LogP contribution in [0.2, 0.25) is 0 Å². The van der Waals surface area contributed by atoms with E-state index in [0.717, 1.165) is 12.0 Å². The van der Waals surface area contributed by atoms with Gasteiger partial charge in [-0.1, -0.05) is 38.0 Å². The Bertz CT molecular complexity index is 344. The van der Waals surface area contributed by atoms with Crippen LogP contribution >= 0.6 is 0 Å². The second-order valence-electron chi connectivity index (χ2n) is 4.35. The van der Waals surface area contributed by atoms with Crippen LogP contribution in [0.3, 0.4) is 0 Å². The third-order valence-corrected chi connectivity index (χ3v) is 2.39. The lowest BCUT2D eigenvalue weighted by molar-refractivity contribution is 0.376. The van der Waals surface area contributed by atoms with Gasteiger partial charge in [0.1, 0.15) is 0 Å². The maximum absolute atomic E-state index is 5.69. The molecule has 0 radical (unpaired) electrons. The number of hydrogen-bond acceptors (Lipinski definition) is 1. The van der Waals surface area contributed by atoms with Gasteiger partial charge in [-0.2, -0.15) is 0 Å². The molecule has 1 heteroatoms. The van der Waals surface area contributed by atoms with Gasteiger partial charge in [0.2, 0.25) is 0 Å². The molecule has 0 unspecified atom stereocenters. The Morgan fingerprint density at radius 2 is 2.00 bits per heavy atom. The van der Waals surface area contributed by atoms with Crippen LogP contribution in [0.25, 0.3) is 0 Å². The molecule has 0 aliphatic rings. The first-order valence-corrected chi connectivity index (χ1v) is 4.83. The fraction of sp³-hybridized carbons (Fsp3) is 0.385. The molecule has 0 heterocycles. The topological polar surface area (TPSA) is 26.0 Å². The Morgan fingerprint density at radius 3 is 2.57 bits per heavy atom. The molecule has 0 spiro atoms. The Morgan fingerprint density at radius 1 is 1.36 bits per heavy atom. The summed E-state index contributed by atoms with van der Waals surface area (Å²) < 4.78 is 0. The molecule has 1 aromatic rings. The van der Waals surface area contributed by atoms with E-state index in [9.17, 15) is 0 Å². The Kier molecular flexibility index (Phi) is 3.33. The fourth-order valence-corrected chi connectivity index (χ4v) is 1.40. The van der Waals surface area contributed by atoms with Gasteiger partial charge in [-0.05, 0) is 30.0 Å². The van der Waals surface area contributed by atoms with Gasteiger partial charge in [0.15, 0.2) is 0 Å². The molecule has 0 fully saturated rings. The van der Waals surface area contributed by atoms with Crippen molar-refractivity contribution >= 4 is 0 Å². The number of terminal acetylenes is 1. The van der Waals surface area contributed by atoms with Crippen molar-refractivity contribution in [3.63, 3.8) is 0 Å². The van der Waals surface area contributed by atoms with Crippen molar-refractivity contribution in [1.82, 2.24) is 0 Å². The highest BCUT2D eigenvalue weighted by atomic mass is 14.6. The van der Waals surface area contributed by atoms with Crippen molar-refractivity contribution in [1.29, 1.82) is 0 Å². The molecule has 2 N–H and O–H groups in total. The third-order valence-electron chi connectivity index (χ3n) is 2.39. The molecule has 0 amide bonds. The lowest BCUT2D eigenvalue weighted by atomic mass is 9.84. The summed E-state index contributed by atoms with van der Waals surface area (Å²) in [5.41, 5.74) is 8.01. The normalized spacial score (nSPS) is 11.0.